The minimum atomic E-state index is -0.453. The summed E-state index contributed by atoms with van der Waals surface area (Å²) >= 11 is 0. The SMILES string of the molecule is CC(C)(C)OC(=O)C[C@@H]1CCCO[C@]12CCC(=O)C2. The van der Waals surface area contributed by atoms with Gasteiger partial charge in [-0.25, -0.2) is 0 Å². The molecule has 1 saturated carbocycles. The van der Waals surface area contributed by atoms with Gasteiger partial charge in [-0.3, -0.25) is 9.59 Å². The van der Waals surface area contributed by atoms with Gasteiger partial charge in [-0.2, -0.15) is 0 Å². The smallest absolute Gasteiger partial charge is 0.306 e. The molecular formula is C15H24O4. The molecule has 1 spiro atoms. The zero-order valence-corrected chi connectivity index (χ0v) is 12.2. The maximum absolute atomic E-state index is 12.0. The third kappa shape index (κ3) is 3.56. The Balaban J connectivity index is 2.01. The number of hydrogen-bond acceptors (Lipinski definition) is 4. The Morgan fingerprint density at radius 3 is 2.79 bits per heavy atom. The fraction of sp³-hybridized carbons (Fsp3) is 0.867. The summed E-state index contributed by atoms with van der Waals surface area (Å²) in [6.45, 7) is 6.32. The van der Waals surface area contributed by atoms with Gasteiger partial charge in [-0.05, 0) is 46.0 Å². The molecule has 4 heteroatoms. The van der Waals surface area contributed by atoms with E-state index in [1.807, 2.05) is 20.8 Å². The molecule has 4 nitrogen and oxygen atoms in total. The normalized spacial score (nSPS) is 31.7. The highest BCUT2D eigenvalue weighted by atomic mass is 16.6. The minimum Gasteiger partial charge on any atom is -0.460 e. The van der Waals surface area contributed by atoms with Crippen LogP contribution in [0.5, 0.6) is 0 Å². The standard InChI is InChI=1S/C15H24O4/c1-14(2,3)19-13(17)9-11-5-4-8-18-15(11)7-6-12(16)10-15/h11H,4-10H2,1-3H3/t11-,15-/m0/s1. The average molecular weight is 268 g/mol. The third-order valence-corrected chi connectivity index (χ3v) is 3.99. The molecule has 0 aromatic carbocycles. The first-order valence-corrected chi connectivity index (χ1v) is 7.18. The van der Waals surface area contributed by atoms with E-state index in [0.29, 0.717) is 25.9 Å². The summed E-state index contributed by atoms with van der Waals surface area (Å²) in [6.07, 6.45) is 4.10. The molecule has 1 heterocycles. The van der Waals surface area contributed by atoms with Gasteiger partial charge in [0.2, 0.25) is 0 Å². The molecule has 2 atom stereocenters. The van der Waals surface area contributed by atoms with Crippen LogP contribution in [0.15, 0.2) is 0 Å². The van der Waals surface area contributed by atoms with Crippen molar-refractivity contribution in [2.45, 2.75) is 70.5 Å². The van der Waals surface area contributed by atoms with Gasteiger partial charge in [-0.1, -0.05) is 0 Å². The van der Waals surface area contributed by atoms with Gasteiger partial charge in [0.05, 0.1) is 12.0 Å². The molecule has 0 bridgehead atoms. The van der Waals surface area contributed by atoms with E-state index in [9.17, 15) is 9.59 Å². The fourth-order valence-electron chi connectivity index (χ4n) is 3.19. The molecule has 1 aliphatic heterocycles. The second-order valence-corrected chi connectivity index (χ2v) is 6.76. The van der Waals surface area contributed by atoms with E-state index in [4.69, 9.17) is 9.47 Å². The molecule has 19 heavy (non-hydrogen) atoms. The lowest BCUT2D eigenvalue weighted by Gasteiger charge is -2.40. The summed E-state index contributed by atoms with van der Waals surface area (Å²) in [6, 6.07) is 0. The first-order chi connectivity index (χ1) is 8.81. The molecule has 2 fully saturated rings. The maximum Gasteiger partial charge on any atom is 0.306 e. The summed E-state index contributed by atoms with van der Waals surface area (Å²) in [4.78, 5) is 23.6. The number of rotatable bonds is 2. The zero-order valence-electron chi connectivity index (χ0n) is 12.2. The number of carbonyl (C=O) groups is 2. The Labute approximate surface area is 114 Å². The maximum atomic E-state index is 12.0. The Hall–Kier alpha value is -0.900. The molecular weight excluding hydrogens is 244 g/mol. The van der Waals surface area contributed by atoms with Crippen LogP contribution in [0.1, 0.15) is 59.3 Å². The number of carbonyl (C=O) groups excluding carboxylic acids is 2. The third-order valence-electron chi connectivity index (χ3n) is 3.99. The van der Waals surface area contributed by atoms with Gasteiger partial charge < -0.3 is 9.47 Å². The molecule has 0 unspecified atom stereocenters. The summed E-state index contributed by atoms with van der Waals surface area (Å²) in [5.74, 6) is 0.209. The lowest BCUT2D eigenvalue weighted by atomic mass is 9.78. The van der Waals surface area contributed by atoms with Crippen molar-refractivity contribution in [3.8, 4) is 0 Å². The molecule has 1 aliphatic carbocycles. The second kappa shape index (κ2) is 5.23. The summed E-state index contributed by atoms with van der Waals surface area (Å²) in [5.41, 5.74) is -0.836. The van der Waals surface area contributed by atoms with Gasteiger partial charge in [0.15, 0.2) is 0 Å². The van der Waals surface area contributed by atoms with Crippen LogP contribution in [0, 0.1) is 5.92 Å². The first-order valence-electron chi connectivity index (χ1n) is 7.18. The predicted molar refractivity (Wildman–Crippen MR) is 70.7 cm³/mol. The molecule has 0 aromatic heterocycles. The number of ether oxygens (including phenoxy) is 2. The molecule has 108 valence electrons. The van der Waals surface area contributed by atoms with Crippen molar-refractivity contribution in [3.63, 3.8) is 0 Å². The van der Waals surface area contributed by atoms with Crippen molar-refractivity contribution in [3.05, 3.63) is 0 Å². The molecule has 2 rings (SSSR count). The van der Waals surface area contributed by atoms with E-state index in [2.05, 4.69) is 0 Å². The topological polar surface area (TPSA) is 52.6 Å². The Kier molecular flexibility index (Phi) is 4.00. The highest BCUT2D eigenvalue weighted by molar-refractivity contribution is 5.82. The van der Waals surface area contributed by atoms with Crippen LogP contribution in [0.3, 0.4) is 0 Å². The van der Waals surface area contributed by atoms with Crippen molar-refractivity contribution in [2.24, 2.45) is 5.92 Å². The van der Waals surface area contributed by atoms with Crippen LogP contribution in [0.4, 0.5) is 0 Å². The molecule has 0 aromatic rings. The van der Waals surface area contributed by atoms with Crippen LogP contribution in [0.2, 0.25) is 0 Å². The lowest BCUT2D eigenvalue weighted by Crippen LogP contribution is -2.44. The van der Waals surface area contributed by atoms with Gasteiger partial charge in [0.25, 0.3) is 0 Å². The molecule has 1 saturated heterocycles. The van der Waals surface area contributed by atoms with Crippen molar-refractivity contribution >= 4 is 11.8 Å². The largest absolute Gasteiger partial charge is 0.460 e. The molecule has 0 radical (unpaired) electrons. The Morgan fingerprint density at radius 1 is 1.47 bits per heavy atom. The van der Waals surface area contributed by atoms with Crippen molar-refractivity contribution in [1.82, 2.24) is 0 Å². The van der Waals surface area contributed by atoms with E-state index in [1.165, 1.54) is 0 Å². The molecule has 2 aliphatic rings. The van der Waals surface area contributed by atoms with Crippen LogP contribution in [0.25, 0.3) is 0 Å². The fourth-order valence-corrected chi connectivity index (χ4v) is 3.19. The van der Waals surface area contributed by atoms with Crippen LogP contribution >= 0.6 is 0 Å². The summed E-state index contributed by atoms with van der Waals surface area (Å²) < 4.78 is 11.3. The van der Waals surface area contributed by atoms with E-state index >= 15 is 0 Å². The number of ketones is 1. The van der Waals surface area contributed by atoms with Gasteiger partial charge in [0, 0.05) is 19.4 Å². The number of hydrogen-bond donors (Lipinski definition) is 0. The van der Waals surface area contributed by atoms with E-state index in [1.54, 1.807) is 0 Å². The van der Waals surface area contributed by atoms with Crippen molar-refractivity contribution in [2.75, 3.05) is 6.61 Å². The molecule has 0 N–H and O–H groups in total. The van der Waals surface area contributed by atoms with Crippen molar-refractivity contribution in [1.29, 1.82) is 0 Å². The quantitative estimate of drug-likeness (QED) is 0.722. The minimum absolute atomic E-state index is 0.127. The van der Waals surface area contributed by atoms with Gasteiger partial charge in [0.1, 0.15) is 11.4 Å². The monoisotopic (exact) mass is 268 g/mol. The molecule has 0 amide bonds. The second-order valence-electron chi connectivity index (χ2n) is 6.76. The highest BCUT2D eigenvalue weighted by Crippen LogP contribution is 2.44. The van der Waals surface area contributed by atoms with Gasteiger partial charge >= 0.3 is 5.97 Å². The highest BCUT2D eigenvalue weighted by Gasteiger charge is 2.48. The zero-order chi connectivity index (χ0) is 14.1. The number of Topliss-reactive ketones (excluding diaryl/α,β-unsaturated/α-hetero) is 1. The summed E-state index contributed by atoms with van der Waals surface area (Å²) in [5, 5.41) is 0. The van der Waals surface area contributed by atoms with E-state index < -0.39 is 5.60 Å². The average Bonchev–Trinajstić information content (AvgIpc) is 2.62. The van der Waals surface area contributed by atoms with Crippen LogP contribution < -0.4 is 0 Å². The van der Waals surface area contributed by atoms with Crippen LogP contribution in [-0.4, -0.2) is 29.6 Å². The lowest BCUT2D eigenvalue weighted by molar-refractivity contribution is -0.165. The van der Waals surface area contributed by atoms with Gasteiger partial charge in [-0.15, -0.1) is 0 Å². The predicted octanol–water partition coefficient (Wildman–Crippen LogP) is 2.64. The van der Waals surface area contributed by atoms with Crippen molar-refractivity contribution < 1.29 is 19.1 Å². The van der Waals surface area contributed by atoms with E-state index in [-0.39, 0.29) is 23.3 Å². The van der Waals surface area contributed by atoms with Crippen LogP contribution in [-0.2, 0) is 19.1 Å². The number of esters is 1. The van der Waals surface area contributed by atoms with E-state index in [0.717, 1.165) is 19.3 Å². The Morgan fingerprint density at radius 2 is 2.21 bits per heavy atom. The summed E-state index contributed by atoms with van der Waals surface area (Å²) in [7, 11) is 0. The first kappa shape index (κ1) is 14.5. The Bertz CT molecular complexity index is 369.